The fourth-order valence-corrected chi connectivity index (χ4v) is 2.93. The van der Waals surface area contributed by atoms with Crippen molar-refractivity contribution in [2.75, 3.05) is 18.2 Å². The Morgan fingerprint density at radius 3 is 2.67 bits per heavy atom. The van der Waals surface area contributed by atoms with Crippen molar-refractivity contribution < 1.29 is 22.4 Å². The van der Waals surface area contributed by atoms with Gasteiger partial charge in [-0.1, -0.05) is 23.3 Å². The van der Waals surface area contributed by atoms with Crippen LogP contribution >= 0.6 is 0 Å². The molecule has 1 amide bonds. The van der Waals surface area contributed by atoms with Crippen molar-refractivity contribution in [1.29, 1.82) is 0 Å². The topological polar surface area (TPSA) is 111 Å². The van der Waals surface area contributed by atoms with Crippen LogP contribution in [0.3, 0.4) is 0 Å². The molecular formula is C18H17N3O5S. The molecule has 0 unspecified atom stereocenters. The van der Waals surface area contributed by atoms with Crippen LogP contribution in [-0.4, -0.2) is 37.4 Å². The number of carbonyl (C=O) groups excluding carboxylic acids is 1. The molecule has 0 atom stereocenters. The fourth-order valence-electron chi connectivity index (χ4n) is 2.26. The molecule has 3 aromatic rings. The Kier molecular flexibility index (Phi) is 5.22. The van der Waals surface area contributed by atoms with E-state index in [1.54, 1.807) is 18.2 Å². The molecule has 9 heteroatoms. The number of anilines is 1. The number of aromatic nitrogens is 2. The van der Waals surface area contributed by atoms with E-state index in [0.29, 0.717) is 11.3 Å². The first-order chi connectivity index (χ1) is 12.8. The van der Waals surface area contributed by atoms with E-state index < -0.39 is 15.7 Å². The molecule has 0 aliphatic carbocycles. The van der Waals surface area contributed by atoms with Crippen LogP contribution in [0.5, 0.6) is 5.75 Å². The van der Waals surface area contributed by atoms with Crippen molar-refractivity contribution in [2.24, 2.45) is 0 Å². The quantitative estimate of drug-likeness (QED) is 0.691. The predicted octanol–water partition coefficient (Wildman–Crippen LogP) is 2.47. The van der Waals surface area contributed by atoms with Gasteiger partial charge < -0.3 is 9.15 Å². The van der Waals surface area contributed by atoms with E-state index in [1.807, 2.05) is 25.1 Å². The van der Waals surface area contributed by atoms with Gasteiger partial charge in [-0.05, 0) is 42.8 Å². The summed E-state index contributed by atoms with van der Waals surface area (Å²) in [6.45, 7) is 1.70. The van der Waals surface area contributed by atoms with E-state index in [2.05, 4.69) is 15.5 Å². The summed E-state index contributed by atoms with van der Waals surface area (Å²) in [6.07, 6.45) is 1.11. The van der Waals surface area contributed by atoms with Crippen LogP contribution in [0.2, 0.25) is 0 Å². The lowest BCUT2D eigenvalue weighted by atomic mass is 10.2. The minimum Gasteiger partial charge on any atom is -0.484 e. The second-order valence-electron chi connectivity index (χ2n) is 5.87. The molecule has 0 saturated carbocycles. The lowest BCUT2D eigenvalue weighted by Gasteiger charge is -2.05. The number of aryl methyl sites for hydroxylation is 1. The number of hydrogen-bond acceptors (Lipinski definition) is 7. The monoisotopic (exact) mass is 387 g/mol. The first-order valence-corrected chi connectivity index (χ1v) is 9.84. The highest BCUT2D eigenvalue weighted by molar-refractivity contribution is 7.90. The number of sulfone groups is 1. The average molecular weight is 387 g/mol. The fraction of sp³-hybridized carbons (Fsp3) is 0.167. The number of amides is 1. The molecule has 0 saturated heterocycles. The van der Waals surface area contributed by atoms with E-state index in [4.69, 9.17) is 9.15 Å². The van der Waals surface area contributed by atoms with Gasteiger partial charge in [0.15, 0.2) is 16.4 Å². The lowest BCUT2D eigenvalue weighted by molar-refractivity contribution is -0.118. The summed E-state index contributed by atoms with van der Waals surface area (Å²) < 4.78 is 34.1. The van der Waals surface area contributed by atoms with Gasteiger partial charge in [0.05, 0.1) is 4.90 Å². The Labute approximate surface area is 156 Å². The van der Waals surface area contributed by atoms with Crippen molar-refractivity contribution in [3.63, 3.8) is 0 Å². The molecule has 2 aromatic carbocycles. The smallest absolute Gasteiger partial charge is 0.322 e. The van der Waals surface area contributed by atoms with Crippen LogP contribution in [0.15, 0.2) is 57.8 Å². The Morgan fingerprint density at radius 2 is 1.93 bits per heavy atom. The molecule has 1 N–H and O–H groups in total. The van der Waals surface area contributed by atoms with Gasteiger partial charge in [0.1, 0.15) is 5.75 Å². The number of carbonyl (C=O) groups is 1. The number of rotatable bonds is 6. The second-order valence-corrected chi connectivity index (χ2v) is 7.88. The molecule has 1 heterocycles. The minimum absolute atomic E-state index is 0.0930. The van der Waals surface area contributed by atoms with Crippen molar-refractivity contribution in [1.82, 2.24) is 10.2 Å². The van der Waals surface area contributed by atoms with Crippen LogP contribution < -0.4 is 10.1 Å². The van der Waals surface area contributed by atoms with Crippen LogP contribution in [0.25, 0.3) is 11.5 Å². The third-order valence-corrected chi connectivity index (χ3v) is 4.65. The van der Waals surface area contributed by atoms with Crippen LogP contribution in [-0.2, 0) is 14.6 Å². The molecule has 1 aromatic heterocycles. The molecule has 3 rings (SSSR count). The van der Waals surface area contributed by atoms with E-state index in [0.717, 1.165) is 11.8 Å². The Hall–Kier alpha value is -3.20. The van der Waals surface area contributed by atoms with Crippen molar-refractivity contribution in [3.05, 3.63) is 54.1 Å². The first kappa shape index (κ1) is 18.6. The molecule has 0 bridgehead atoms. The molecule has 27 heavy (non-hydrogen) atoms. The molecule has 0 aliphatic rings. The standard InChI is InChI=1S/C18H17N3O5S/c1-12-5-3-7-14(9-12)25-11-16(22)19-18-21-20-17(26-18)13-6-4-8-15(10-13)27(2,23)24/h3-10H,11H2,1-2H3,(H,19,21,22). The highest BCUT2D eigenvalue weighted by Gasteiger charge is 2.14. The zero-order valence-corrected chi connectivity index (χ0v) is 15.5. The summed E-state index contributed by atoms with van der Waals surface area (Å²) in [4.78, 5) is 12.1. The Bertz CT molecular complexity index is 1080. The molecule has 0 fully saturated rings. The van der Waals surface area contributed by atoms with Crippen molar-refractivity contribution in [2.45, 2.75) is 11.8 Å². The second kappa shape index (κ2) is 7.58. The lowest BCUT2D eigenvalue weighted by Crippen LogP contribution is -2.20. The Morgan fingerprint density at radius 1 is 1.15 bits per heavy atom. The molecule has 8 nitrogen and oxygen atoms in total. The minimum atomic E-state index is -3.36. The van der Waals surface area contributed by atoms with Gasteiger partial charge in [-0.2, -0.15) is 0 Å². The summed E-state index contributed by atoms with van der Waals surface area (Å²) in [7, 11) is -3.36. The number of ether oxygens (including phenoxy) is 1. The predicted molar refractivity (Wildman–Crippen MR) is 98.1 cm³/mol. The third-order valence-electron chi connectivity index (χ3n) is 3.54. The van der Waals surface area contributed by atoms with Crippen molar-refractivity contribution in [3.8, 4) is 17.2 Å². The number of nitrogens with one attached hydrogen (secondary N) is 1. The third kappa shape index (κ3) is 4.91. The largest absolute Gasteiger partial charge is 0.484 e. The maximum Gasteiger partial charge on any atom is 0.322 e. The normalized spacial score (nSPS) is 11.2. The number of benzene rings is 2. The molecule has 0 radical (unpaired) electrons. The van der Waals surface area contributed by atoms with Gasteiger partial charge in [0.25, 0.3) is 5.91 Å². The zero-order chi connectivity index (χ0) is 19.4. The summed E-state index contributed by atoms with van der Waals surface area (Å²) in [5.74, 6) is 0.209. The molecule has 0 spiro atoms. The summed E-state index contributed by atoms with van der Waals surface area (Å²) >= 11 is 0. The van der Waals surface area contributed by atoms with Crippen LogP contribution in [0, 0.1) is 6.92 Å². The van der Waals surface area contributed by atoms with Crippen LogP contribution in [0.1, 0.15) is 5.56 Å². The molecule has 140 valence electrons. The summed E-state index contributed by atoms with van der Waals surface area (Å²) in [6, 6.07) is 13.3. The summed E-state index contributed by atoms with van der Waals surface area (Å²) in [5.41, 5.74) is 1.45. The Balaban J connectivity index is 1.65. The van der Waals surface area contributed by atoms with Gasteiger partial charge in [0.2, 0.25) is 5.89 Å². The van der Waals surface area contributed by atoms with Gasteiger partial charge in [-0.25, -0.2) is 8.42 Å². The van der Waals surface area contributed by atoms with E-state index in [-0.39, 0.29) is 23.4 Å². The highest BCUT2D eigenvalue weighted by atomic mass is 32.2. The molecule has 0 aliphatic heterocycles. The maximum atomic E-state index is 12.0. The number of hydrogen-bond donors (Lipinski definition) is 1. The first-order valence-electron chi connectivity index (χ1n) is 7.94. The summed E-state index contributed by atoms with van der Waals surface area (Å²) in [5, 5.41) is 10.0. The van der Waals surface area contributed by atoms with Gasteiger partial charge >= 0.3 is 6.01 Å². The van der Waals surface area contributed by atoms with Crippen LogP contribution in [0.4, 0.5) is 6.01 Å². The van der Waals surface area contributed by atoms with E-state index >= 15 is 0 Å². The van der Waals surface area contributed by atoms with Gasteiger partial charge in [-0.15, -0.1) is 5.10 Å². The zero-order valence-electron chi connectivity index (χ0n) is 14.7. The van der Waals surface area contributed by atoms with Gasteiger partial charge in [0, 0.05) is 11.8 Å². The van der Waals surface area contributed by atoms with Crippen molar-refractivity contribution >= 4 is 21.8 Å². The SMILES string of the molecule is Cc1cccc(OCC(=O)Nc2nnc(-c3cccc(S(C)(=O)=O)c3)o2)c1. The van der Waals surface area contributed by atoms with Gasteiger partial charge in [-0.3, -0.25) is 10.1 Å². The molecular weight excluding hydrogens is 370 g/mol. The highest BCUT2D eigenvalue weighted by Crippen LogP contribution is 2.22. The van der Waals surface area contributed by atoms with E-state index in [9.17, 15) is 13.2 Å². The number of nitrogens with zero attached hydrogens (tertiary/aromatic N) is 2. The maximum absolute atomic E-state index is 12.0. The average Bonchev–Trinajstić information content (AvgIpc) is 3.08. The van der Waals surface area contributed by atoms with E-state index in [1.165, 1.54) is 12.1 Å².